The Morgan fingerprint density at radius 1 is 1.18 bits per heavy atom. The van der Waals surface area contributed by atoms with E-state index in [2.05, 4.69) is 16.3 Å². The van der Waals surface area contributed by atoms with Gasteiger partial charge in [0.1, 0.15) is 5.69 Å². The minimum atomic E-state index is -0.314. The molecule has 1 N–H and O–H groups in total. The Kier molecular flexibility index (Phi) is 2.99. The number of nitro groups is 1. The number of hydrogen-bond acceptors (Lipinski definition) is 4. The molecule has 0 saturated heterocycles. The molecule has 5 heteroatoms. The van der Waals surface area contributed by atoms with Crippen molar-refractivity contribution in [2.45, 2.75) is 19.4 Å². The zero-order chi connectivity index (χ0) is 15.1. The zero-order valence-corrected chi connectivity index (χ0v) is 12.2. The first-order chi connectivity index (χ1) is 10.7. The summed E-state index contributed by atoms with van der Waals surface area (Å²) in [6, 6.07) is 13.4. The van der Waals surface area contributed by atoms with Crippen LogP contribution >= 0.6 is 0 Å². The summed E-state index contributed by atoms with van der Waals surface area (Å²) in [5, 5.41) is 14.6. The van der Waals surface area contributed by atoms with E-state index in [1.807, 2.05) is 24.3 Å². The van der Waals surface area contributed by atoms with Crippen molar-refractivity contribution in [3.05, 3.63) is 58.1 Å². The molecule has 1 heterocycles. The second-order valence-electron chi connectivity index (χ2n) is 6.03. The van der Waals surface area contributed by atoms with Crippen molar-refractivity contribution in [2.75, 3.05) is 16.8 Å². The van der Waals surface area contributed by atoms with Crippen molar-refractivity contribution in [3.8, 4) is 0 Å². The van der Waals surface area contributed by atoms with E-state index in [4.69, 9.17) is 0 Å². The lowest BCUT2D eigenvalue weighted by molar-refractivity contribution is -0.384. The lowest BCUT2D eigenvalue weighted by Gasteiger charge is -2.24. The maximum absolute atomic E-state index is 11.3. The standard InChI is InChI=1S/C17H17N3O2/c21-20(22)16-7-3-4-13-11-19(10-12-8-9-12)15-6-2-1-5-14(15)18-17(13)16/h1-7,12,18H,8-11H2. The number of nitrogens with zero attached hydrogens (tertiary/aromatic N) is 2. The smallest absolute Gasteiger partial charge is 0.293 e. The average Bonchev–Trinajstić information content (AvgIpc) is 3.33. The number of benzene rings is 2. The molecule has 0 aromatic heterocycles. The summed E-state index contributed by atoms with van der Waals surface area (Å²) in [4.78, 5) is 13.3. The van der Waals surface area contributed by atoms with Gasteiger partial charge in [-0.25, -0.2) is 0 Å². The quantitative estimate of drug-likeness (QED) is 0.685. The molecule has 1 saturated carbocycles. The van der Waals surface area contributed by atoms with Crippen LogP contribution in [-0.4, -0.2) is 11.5 Å². The summed E-state index contributed by atoms with van der Waals surface area (Å²) in [7, 11) is 0. The molecule has 112 valence electrons. The molecule has 5 nitrogen and oxygen atoms in total. The molecule has 2 aromatic rings. The van der Waals surface area contributed by atoms with E-state index >= 15 is 0 Å². The van der Waals surface area contributed by atoms with Crippen LogP contribution in [0.1, 0.15) is 18.4 Å². The normalized spacial score (nSPS) is 16.3. The van der Waals surface area contributed by atoms with Crippen molar-refractivity contribution in [3.63, 3.8) is 0 Å². The fourth-order valence-corrected chi connectivity index (χ4v) is 3.07. The van der Waals surface area contributed by atoms with Gasteiger partial charge in [0.25, 0.3) is 5.69 Å². The molecular weight excluding hydrogens is 278 g/mol. The van der Waals surface area contributed by atoms with Gasteiger partial charge in [-0.2, -0.15) is 0 Å². The molecule has 0 atom stereocenters. The van der Waals surface area contributed by atoms with Crippen molar-refractivity contribution >= 4 is 22.7 Å². The van der Waals surface area contributed by atoms with E-state index < -0.39 is 0 Å². The topological polar surface area (TPSA) is 58.4 Å². The molecule has 0 bridgehead atoms. The van der Waals surface area contributed by atoms with Gasteiger partial charge in [-0.15, -0.1) is 0 Å². The molecule has 0 radical (unpaired) electrons. The predicted molar refractivity (Wildman–Crippen MR) is 86.6 cm³/mol. The van der Waals surface area contributed by atoms with Gasteiger partial charge >= 0.3 is 0 Å². The van der Waals surface area contributed by atoms with E-state index in [1.54, 1.807) is 12.1 Å². The van der Waals surface area contributed by atoms with Crippen LogP contribution in [-0.2, 0) is 6.54 Å². The van der Waals surface area contributed by atoms with E-state index in [-0.39, 0.29) is 10.6 Å². The van der Waals surface area contributed by atoms with Gasteiger partial charge in [0, 0.05) is 24.7 Å². The van der Waals surface area contributed by atoms with Crippen LogP contribution in [0.2, 0.25) is 0 Å². The van der Waals surface area contributed by atoms with Crippen molar-refractivity contribution < 1.29 is 4.92 Å². The third-order valence-electron chi connectivity index (χ3n) is 4.37. The fraction of sp³-hybridized carbons (Fsp3) is 0.294. The first-order valence-corrected chi connectivity index (χ1v) is 7.59. The predicted octanol–water partition coefficient (Wildman–Crippen LogP) is 4.07. The molecule has 0 spiro atoms. The highest BCUT2D eigenvalue weighted by molar-refractivity contribution is 5.83. The van der Waals surface area contributed by atoms with Gasteiger partial charge < -0.3 is 10.2 Å². The Bertz CT molecular complexity index is 740. The minimum Gasteiger partial charge on any atom is -0.365 e. The van der Waals surface area contributed by atoms with E-state index in [0.717, 1.165) is 29.4 Å². The Morgan fingerprint density at radius 2 is 2.00 bits per heavy atom. The molecular formula is C17H17N3O2. The second-order valence-corrected chi connectivity index (χ2v) is 6.03. The number of rotatable bonds is 3. The summed E-state index contributed by atoms with van der Waals surface area (Å²) in [6.45, 7) is 1.72. The number of nitrogens with one attached hydrogen (secondary N) is 1. The summed E-state index contributed by atoms with van der Waals surface area (Å²) < 4.78 is 0. The van der Waals surface area contributed by atoms with Crippen LogP contribution in [0.25, 0.3) is 0 Å². The maximum atomic E-state index is 11.3. The third-order valence-corrected chi connectivity index (χ3v) is 4.37. The van der Waals surface area contributed by atoms with Gasteiger partial charge in [-0.1, -0.05) is 24.3 Å². The molecule has 2 aliphatic rings. The van der Waals surface area contributed by atoms with Crippen LogP contribution in [0.4, 0.5) is 22.7 Å². The molecule has 0 unspecified atom stereocenters. The van der Waals surface area contributed by atoms with Crippen molar-refractivity contribution in [1.29, 1.82) is 0 Å². The van der Waals surface area contributed by atoms with Crippen molar-refractivity contribution in [1.82, 2.24) is 0 Å². The van der Waals surface area contributed by atoms with Crippen LogP contribution in [0.15, 0.2) is 42.5 Å². The largest absolute Gasteiger partial charge is 0.365 e. The highest BCUT2D eigenvalue weighted by Crippen LogP contribution is 2.41. The van der Waals surface area contributed by atoms with E-state index in [9.17, 15) is 10.1 Å². The Morgan fingerprint density at radius 3 is 2.77 bits per heavy atom. The lowest BCUT2D eigenvalue weighted by Crippen LogP contribution is -2.24. The van der Waals surface area contributed by atoms with Gasteiger partial charge in [-0.05, 0) is 30.9 Å². The van der Waals surface area contributed by atoms with Gasteiger partial charge in [0.2, 0.25) is 0 Å². The Labute approximate surface area is 128 Å². The molecule has 4 rings (SSSR count). The number of anilines is 3. The fourth-order valence-electron chi connectivity index (χ4n) is 3.07. The summed E-state index contributed by atoms with van der Waals surface area (Å²) in [6.07, 6.45) is 2.57. The molecule has 0 amide bonds. The number of hydrogen-bond donors (Lipinski definition) is 1. The first-order valence-electron chi connectivity index (χ1n) is 7.59. The Balaban J connectivity index is 1.82. The van der Waals surface area contributed by atoms with E-state index in [0.29, 0.717) is 12.2 Å². The lowest BCUT2D eigenvalue weighted by atomic mass is 10.1. The van der Waals surface area contributed by atoms with Crippen LogP contribution in [0.3, 0.4) is 0 Å². The van der Waals surface area contributed by atoms with Crippen molar-refractivity contribution in [2.24, 2.45) is 5.92 Å². The van der Waals surface area contributed by atoms with Gasteiger partial charge in [0.05, 0.1) is 16.3 Å². The molecule has 1 aliphatic carbocycles. The molecule has 2 aromatic carbocycles. The van der Waals surface area contributed by atoms with Crippen LogP contribution in [0, 0.1) is 16.0 Å². The number of nitro benzene ring substituents is 1. The number of para-hydroxylation sites is 3. The van der Waals surface area contributed by atoms with Crippen LogP contribution < -0.4 is 10.2 Å². The highest BCUT2D eigenvalue weighted by atomic mass is 16.6. The van der Waals surface area contributed by atoms with Gasteiger partial charge in [-0.3, -0.25) is 10.1 Å². The second kappa shape index (κ2) is 5.02. The molecule has 1 fully saturated rings. The van der Waals surface area contributed by atoms with E-state index in [1.165, 1.54) is 12.8 Å². The monoisotopic (exact) mass is 295 g/mol. The third kappa shape index (κ3) is 2.28. The first kappa shape index (κ1) is 13.1. The maximum Gasteiger partial charge on any atom is 0.293 e. The molecule has 1 aliphatic heterocycles. The summed E-state index contributed by atoms with van der Waals surface area (Å²) in [5.74, 6) is 0.758. The summed E-state index contributed by atoms with van der Waals surface area (Å²) in [5.41, 5.74) is 3.81. The number of fused-ring (bicyclic) bond motifs is 2. The average molecular weight is 295 g/mol. The summed E-state index contributed by atoms with van der Waals surface area (Å²) >= 11 is 0. The Hall–Kier alpha value is -2.56. The molecule has 22 heavy (non-hydrogen) atoms. The van der Waals surface area contributed by atoms with Crippen LogP contribution in [0.5, 0.6) is 0 Å². The van der Waals surface area contributed by atoms with Gasteiger partial charge in [0.15, 0.2) is 0 Å². The zero-order valence-electron chi connectivity index (χ0n) is 12.2. The minimum absolute atomic E-state index is 0.139. The highest BCUT2D eigenvalue weighted by Gasteiger charge is 2.29. The SMILES string of the molecule is O=[N+]([O-])c1cccc2c1Nc1ccccc1N(CC1CC1)C2.